The van der Waals surface area contributed by atoms with Gasteiger partial charge in [-0.25, -0.2) is 0 Å². The summed E-state index contributed by atoms with van der Waals surface area (Å²) in [6.45, 7) is 4.94. The minimum Gasteiger partial charge on any atom is -0.466 e. The van der Waals surface area contributed by atoms with Gasteiger partial charge in [0.1, 0.15) is 0 Å². The van der Waals surface area contributed by atoms with E-state index in [0.717, 1.165) is 57.8 Å². The van der Waals surface area contributed by atoms with Gasteiger partial charge in [-0.2, -0.15) is 0 Å². The fourth-order valence-electron chi connectivity index (χ4n) is 9.25. The molecule has 2 unspecified atom stereocenters. The van der Waals surface area contributed by atoms with Crippen molar-refractivity contribution in [2.24, 2.45) is 0 Å². The number of ether oxygens (including phenoxy) is 1. The van der Waals surface area contributed by atoms with Gasteiger partial charge in [0.15, 0.2) is 0 Å². The number of hydrogen-bond acceptors (Lipinski definition) is 5. The zero-order valence-electron chi connectivity index (χ0n) is 45.6. The molecule has 68 heavy (non-hydrogen) atoms. The first-order valence-corrected chi connectivity index (χ1v) is 30.2. The third kappa shape index (κ3) is 53.4. The standard InChI is InChI=1S/C62H117NO5/c1-3-5-7-9-11-13-15-17-30-34-38-42-46-50-54-60(65)59(58-64)63-61(66)55-51-47-43-39-35-31-28-26-24-22-20-19-21-23-25-27-29-33-37-41-45-49-53-57-68-62(67)56-52-48-44-40-36-32-18-16-14-12-10-8-6-4-2/h16,18-19,21-22,24,59-60,64-65H,3-15,17,20,23,25-58H2,1-2H3,(H,63,66)/b18-16-,21-19-,24-22-. The number of hydrogen-bond donors (Lipinski definition) is 3. The summed E-state index contributed by atoms with van der Waals surface area (Å²) in [5.74, 6) is -0.0464. The van der Waals surface area contributed by atoms with Crippen LogP contribution in [0.15, 0.2) is 36.5 Å². The number of aliphatic hydroxyl groups excluding tert-OH is 2. The van der Waals surface area contributed by atoms with E-state index in [0.29, 0.717) is 25.9 Å². The molecule has 3 N–H and O–H groups in total. The minimum atomic E-state index is -0.671. The summed E-state index contributed by atoms with van der Waals surface area (Å²) < 4.78 is 5.47. The van der Waals surface area contributed by atoms with E-state index in [1.54, 1.807) is 0 Å². The quantitative estimate of drug-likeness (QED) is 0.0321. The average Bonchev–Trinajstić information content (AvgIpc) is 3.34. The van der Waals surface area contributed by atoms with Gasteiger partial charge in [0.05, 0.1) is 25.4 Å². The van der Waals surface area contributed by atoms with E-state index in [9.17, 15) is 19.8 Å². The number of carbonyl (C=O) groups excluding carboxylic acids is 2. The third-order valence-electron chi connectivity index (χ3n) is 13.9. The predicted octanol–water partition coefficient (Wildman–Crippen LogP) is 18.8. The van der Waals surface area contributed by atoms with Gasteiger partial charge in [0.25, 0.3) is 0 Å². The van der Waals surface area contributed by atoms with Gasteiger partial charge in [0, 0.05) is 12.8 Å². The lowest BCUT2D eigenvalue weighted by molar-refractivity contribution is -0.143. The molecule has 0 fully saturated rings. The van der Waals surface area contributed by atoms with Crippen LogP contribution in [0.5, 0.6) is 0 Å². The topological polar surface area (TPSA) is 95.9 Å². The SMILES string of the molecule is CCCCCCC/C=C\CCCCCCCC(=O)OCCCCCCCCCCC/C=C\C/C=C\CCCCCCCCCC(=O)NC(CO)C(O)CCCCCCCCCCCCCCCC. The summed E-state index contributed by atoms with van der Waals surface area (Å²) in [7, 11) is 0. The lowest BCUT2D eigenvalue weighted by Gasteiger charge is -2.22. The summed E-state index contributed by atoms with van der Waals surface area (Å²) in [5, 5.41) is 23.3. The highest BCUT2D eigenvalue weighted by Crippen LogP contribution is 2.17. The van der Waals surface area contributed by atoms with Crippen LogP contribution in [-0.2, 0) is 14.3 Å². The molecular formula is C62H117NO5. The number of esters is 1. The molecule has 0 bridgehead atoms. The van der Waals surface area contributed by atoms with Crippen LogP contribution in [0.2, 0.25) is 0 Å². The van der Waals surface area contributed by atoms with Gasteiger partial charge in [-0.1, -0.05) is 262 Å². The van der Waals surface area contributed by atoms with E-state index >= 15 is 0 Å². The monoisotopic (exact) mass is 956 g/mol. The number of allylic oxidation sites excluding steroid dienone is 6. The van der Waals surface area contributed by atoms with Crippen LogP contribution >= 0.6 is 0 Å². The summed E-state index contributed by atoms with van der Waals surface area (Å²) in [6, 6.07) is -0.549. The number of rotatable bonds is 56. The third-order valence-corrected chi connectivity index (χ3v) is 13.9. The molecule has 6 nitrogen and oxygen atoms in total. The van der Waals surface area contributed by atoms with Crippen LogP contribution in [-0.4, -0.2) is 47.4 Å². The number of carbonyl (C=O) groups is 2. The van der Waals surface area contributed by atoms with Crippen molar-refractivity contribution in [2.45, 2.75) is 334 Å². The molecular weight excluding hydrogens is 839 g/mol. The highest BCUT2D eigenvalue weighted by molar-refractivity contribution is 5.76. The first-order valence-electron chi connectivity index (χ1n) is 30.2. The molecule has 0 aromatic carbocycles. The summed E-state index contributed by atoms with van der Waals surface area (Å²) in [4.78, 5) is 24.5. The number of amides is 1. The fourth-order valence-corrected chi connectivity index (χ4v) is 9.25. The molecule has 0 saturated heterocycles. The Morgan fingerprint density at radius 3 is 1.13 bits per heavy atom. The molecule has 0 heterocycles. The van der Waals surface area contributed by atoms with Crippen molar-refractivity contribution in [1.29, 1.82) is 0 Å². The lowest BCUT2D eigenvalue weighted by Crippen LogP contribution is -2.45. The molecule has 0 aromatic heterocycles. The fraction of sp³-hybridized carbons (Fsp3) is 0.871. The van der Waals surface area contributed by atoms with Gasteiger partial charge in [-0.15, -0.1) is 0 Å². The Morgan fingerprint density at radius 1 is 0.412 bits per heavy atom. The zero-order chi connectivity index (χ0) is 49.3. The number of nitrogens with one attached hydrogen (secondary N) is 1. The van der Waals surface area contributed by atoms with E-state index < -0.39 is 12.1 Å². The van der Waals surface area contributed by atoms with Gasteiger partial charge >= 0.3 is 5.97 Å². The molecule has 0 spiro atoms. The van der Waals surface area contributed by atoms with Crippen molar-refractivity contribution in [2.75, 3.05) is 13.2 Å². The normalized spacial score (nSPS) is 12.8. The summed E-state index contributed by atoms with van der Waals surface area (Å²) in [6.07, 6.45) is 71.4. The maximum absolute atomic E-state index is 12.5. The molecule has 400 valence electrons. The molecule has 0 aliphatic rings. The van der Waals surface area contributed by atoms with Crippen molar-refractivity contribution in [1.82, 2.24) is 5.32 Å². The highest BCUT2D eigenvalue weighted by Gasteiger charge is 2.20. The average molecular weight is 957 g/mol. The summed E-state index contributed by atoms with van der Waals surface area (Å²) in [5.41, 5.74) is 0. The van der Waals surface area contributed by atoms with E-state index in [4.69, 9.17) is 4.74 Å². The van der Waals surface area contributed by atoms with Gasteiger partial charge in [-0.05, 0) is 83.5 Å². The Bertz CT molecular complexity index is 1100. The Labute approximate surface area is 424 Å². The van der Waals surface area contributed by atoms with Crippen molar-refractivity contribution >= 4 is 11.9 Å². The van der Waals surface area contributed by atoms with Crippen LogP contribution in [0.1, 0.15) is 322 Å². The van der Waals surface area contributed by atoms with E-state index in [-0.39, 0.29) is 18.5 Å². The molecule has 6 heteroatoms. The summed E-state index contributed by atoms with van der Waals surface area (Å²) >= 11 is 0. The van der Waals surface area contributed by atoms with Crippen molar-refractivity contribution in [3.05, 3.63) is 36.5 Å². The van der Waals surface area contributed by atoms with Gasteiger partial charge < -0.3 is 20.3 Å². The Kier molecular flexibility index (Phi) is 56.0. The molecule has 0 aliphatic carbocycles. The van der Waals surface area contributed by atoms with E-state index in [2.05, 4.69) is 55.6 Å². The van der Waals surface area contributed by atoms with Gasteiger partial charge in [0.2, 0.25) is 5.91 Å². The van der Waals surface area contributed by atoms with Gasteiger partial charge in [-0.3, -0.25) is 9.59 Å². The van der Waals surface area contributed by atoms with Crippen LogP contribution in [0.4, 0.5) is 0 Å². The maximum atomic E-state index is 12.5. The second-order valence-corrected chi connectivity index (χ2v) is 20.7. The first-order chi connectivity index (χ1) is 33.5. The maximum Gasteiger partial charge on any atom is 0.305 e. The van der Waals surface area contributed by atoms with Crippen LogP contribution < -0.4 is 5.32 Å². The van der Waals surface area contributed by atoms with E-state index in [1.807, 2.05) is 0 Å². The number of aliphatic hydroxyl groups is 2. The van der Waals surface area contributed by atoms with Crippen LogP contribution in [0.25, 0.3) is 0 Å². The zero-order valence-corrected chi connectivity index (χ0v) is 45.6. The van der Waals surface area contributed by atoms with Crippen molar-refractivity contribution in [3.63, 3.8) is 0 Å². The first kappa shape index (κ1) is 66.1. The Hall–Kier alpha value is -1.92. The van der Waals surface area contributed by atoms with E-state index in [1.165, 1.54) is 231 Å². The Morgan fingerprint density at radius 2 is 0.735 bits per heavy atom. The molecule has 2 atom stereocenters. The smallest absolute Gasteiger partial charge is 0.305 e. The van der Waals surface area contributed by atoms with Crippen LogP contribution in [0.3, 0.4) is 0 Å². The van der Waals surface area contributed by atoms with Crippen LogP contribution in [0, 0.1) is 0 Å². The molecule has 0 aromatic rings. The highest BCUT2D eigenvalue weighted by atomic mass is 16.5. The lowest BCUT2D eigenvalue weighted by atomic mass is 10.0. The van der Waals surface area contributed by atoms with Crippen molar-refractivity contribution in [3.8, 4) is 0 Å². The molecule has 0 rings (SSSR count). The Balaban J connectivity index is 3.45. The second kappa shape index (κ2) is 57.7. The molecule has 0 aliphatic heterocycles. The second-order valence-electron chi connectivity index (χ2n) is 20.7. The molecule has 0 saturated carbocycles. The largest absolute Gasteiger partial charge is 0.466 e. The predicted molar refractivity (Wildman–Crippen MR) is 296 cm³/mol. The molecule has 0 radical (unpaired) electrons. The van der Waals surface area contributed by atoms with Crippen molar-refractivity contribution < 1.29 is 24.5 Å². The number of unbranched alkanes of at least 4 members (excludes halogenated alkanes) is 39. The minimum absolute atomic E-state index is 0.00157. The molecule has 1 amide bonds.